The molecule has 1 N–H and O–H groups in total. The highest BCUT2D eigenvalue weighted by Crippen LogP contribution is 2.36. The molecule has 1 aromatic rings. The lowest BCUT2D eigenvalue weighted by Gasteiger charge is -2.39. The van der Waals surface area contributed by atoms with Crippen molar-refractivity contribution in [3.63, 3.8) is 0 Å². The lowest BCUT2D eigenvalue weighted by molar-refractivity contribution is 0.198. The zero-order valence-corrected chi connectivity index (χ0v) is 12.6. The number of piperidine rings is 1. The SMILES string of the molecule is CC(C)(C)C1CCN(c2ncnc(Cl)c2CO)CC1. The van der Waals surface area contributed by atoms with E-state index in [2.05, 4.69) is 35.6 Å². The summed E-state index contributed by atoms with van der Waals surface area (Å²) in [6.45, 7) is 8.70. The van der Waals surface area contributed by atoms with Gasteiger partial charge in [-0.1, -0.05) is 32.4 Å². The van der Waals surface area contributed by atoms with Crippen LogP contribution in [-0.2, 0) is 6.61 Å². The molecule has 0 saturated carbocycles. The van der Waals surface area contributed by atoms with Gasteiger partial charge in [0, 0.05) is 13.1 Å². The lowest BCUT2D eigenvalue weighted by atomic mass is 9.75. The molecule has 1 aliphatic heterocycles. The Morgan fingerprint density at radius 3 is 2.47 bits per heavy atom. The molecule has 0 radical (unpaired) electrons. The minimum absolute atomic E-state index is 0.117. The maximum atomic E-state index is 9.42. The maximum absolute atomic E-state index is 9.42. The fourth-order valence-corrected chi connectivity index (χ4v) is 2.94. The summed E-state index contributed by atoms with van der Waals surface area (Å²) in [5.74, 6) is 1.52. The molecule has 1 aromatic heterocycles. The number of aliphatic hydroxyl groups excluding tert-OH is 1. The van der Waals surface area contributed by atoms with Gasteiger partial charge in [-0.05, 0) is 24.2 Å². The topological polar surface area (TPSA) is 49.2 Å². The van der Waals surface area contributed by atoms with Gasteiger partial charge in [0.2, 0.25) is 0 Å². The van der Waals surface area contributed by atoms with Crippen LogP contribution in [0.25, 0.3) is 0 Å². The summed E-state index contributed by atoms with van der Waals surface area (Å²) in [4.78, 5) is 10.4. The Bertz CT molecular complexity index is 437. The minimum Gasteiger partial charge on any atom is -0.391 e. The Labute approximate surface area is 119 Å². The number of hydrogen-bond acceptors (Lipinski definition) is 4. The van der Waals surface area contributed by atoms with E-state index < -0.39 is 0 Å². The van der Waals surface area contributed by atoms with Crippen molar-refractivity contribution in [3.05, 3.63) is 17.0 Å². The third kappa shape index (κ3) is 3.18. The third-order valence-corrected chi connectivity index (χ3v) is 4.37. The van der Waals surface area contributed by atoms with Crippen LogP contribution in [0.5, 0.6) is 0 Å². The Hall–Kier alpha value is -0.870. The summed E-state index contributed by atoms with van der Waals surface area (Å²) in [6.07, 6.45) is 3.76. The van der Waals surface area contributed by atoms with Gasteiger partial charge in [0.1, 0.15) is 17.3 Å². The molecule has 0 unspecified atom stereocenters. The Kier molecular flexibility index (Phi) is 4.31. The van der Waals surface area contributed by atoms with Gasteiger partial charge in [-0.3, -0.25) is 0 Å². The van der Waals surface area contributed by atoms with Crippen LogP contribution in [0.3, 0.4) is 0 Å². The van der Waals surface area contributed by atoms with E-state index in [1.807, 2.05) is 0 Å². The first-order chi connectivity index (χ1) is 8.93. The van der Waals surface area contributed by atoms with Crippen LogP contribution in [0, 0.1) is 11.3 Å². The highest BCUT2D eigenvalue weighted by atomic mass is 35.5. The smallest absolute Gasteiger partial charge is 0.140 e. The number of hydrogen-bond donors (Lipinski definition) is 1. The fraction of sp³-hybridized carbons (Fsp3) is 0.714. The van der Waals surface area contributed by atoms with E-state index in [-0.39, 0.29) is 6.61 Å². The van der Waals surface area contributed by atoms with E-state index >= 15 is 0 Å². The zero-order chi connectivity index (χ0) is 14.0. The average Bonchev–Trinajstić information content (AvgIpc) is 2.37. The van der Waals surface area contributed by atoms with Gasteiger partial charge in [0.05, 0.1) is 12.2 Å². The predicted octanol–water partition coefficient (Wildman–Crippen LogP) is 2.88. The second-order valence-corrected chi connectivity index (χ2v) is 6.61. The van der Waals surface area contributed by atoms with Crippen LogP contribution >= 0.6 is 11.6 Å². The van der Waals surface area contributed by atoms with Crippen molar-refractivity contribution < 1.29 is 5.11 Å². The van der Waals surface area contributed by atoms with E-state index in [1.165, 1.54) is 6.33 Å². The molecule has 19 heavy (non-hydrogen) atoms. The molecule has 0 aliphatic carbocycles. The van der Waals surface area contributed by atoms with E-state index in [0.717, 1.165) is 37.7 Å². The van der Waals surface area contributed by atoms with Gasteiger partial charge in [-0.25, -0.2) is 9.97 Å². The quantitative estimate of drug-likeness (QED) is 0.848. The molecule has 1 fully saturated rings. The van der Waals surface area contributed by atoms with Crippen LogP contribution in [0.4, 0.5) is 5.82 Å². The van der Waals surface area contributed by atoms with Gasteiger partial charge in [-0.15, -0.1) is 0 Å². The van der Waals surface area contributed by atoms with Crippen LogP contribution in [-0.4, -0.2) is 28.2 Å². The van der Waals surface area contributed by atoms with E-state index in [1.54, 1.807) is 0 Å². The summed E-state index contributed by atoms with van der Waals surface area (Å²) < 4.78 is 0. The van der Waals surface area contributed by atoms with Gasteiger partial charge >= 0.3 is 0 Å². The largest absolute Gasteiger partial charge is 0.391 e. The molecule has 0 spiro atoms. The number of rotatable bonds is 2. The summed E-state index contributed by atoms with van der Waals surface area (Å²) in [5, 5.41) is 9.77. The summed E-state index contributed by atoms with van der Waals surface area (Å²) >= 11 is 6.01. The molecule has 5 heteroatoms. The van der Waals surface area contributed by atoms with Gasteiger partial charge in [0.25, 0.3) is 0 Å². The molecule has 106 valence electrons. The van der Waals surface area contributed by atoms with E-state index in [4.69, 9.17) is 11.6 Å². The highest BCUT2D eigenvalue weighted by molar-refractivity contribution is 6.30. The Morgan fingerprint density at radius 1 is 1.32 bits per heavy atom. The number of aromatic nitrogens is 2. The molecule has 0 bridgehead atoms. The maximum Gasteiger partial charge on any atom is 0.140 e. The van der Waals surface area contributed by atoms with Crippen molar-refractivity contribution in [3.8, 4) is 0 Å². The molecule has 0 aromatic carbocycles. The normalized spacial score (nSPS) is 17.8. The summed E-state index contributed by atoms with van der Waals surface area (Å²) in [7, 11) is 0. The number of nitrogens with zero attached hydrogens (tertiary/aromatic N) is 3. The second kappa shape index (κ2) is 5.63. The van der Waals surface area contributed by atoms with Crippen molar-refractivity contribution in [1.82, 2.24) is 9.97 Å². The minimum atomic E-state index is -0.117. The monoisotopic (exact) mass is 283 g/mol. The van der Waals surface area contributed by atoms with Crippen LogP contribution in [0.1, 0.15) is 39.2 Å². The number of aliphatic hydroxyl groups is 1. The first kappa shape index (κ1) is 14.5. The molecular weight excluding hydrogens is 262 g/mol. The van der Waals surface area contributed by atoms with Gasteiger partial charge in [0.15, 0.2) is 0 Å². The van der Waals surface area contributed by atoms with Crippen molar-refractivity contribution in [2.75, 3.05) is 18.0 Å². The molecular formula is C14H22ClN3O. The van der Waals surface area contributed by atoms with E-state index in [0.29, 0.717) is 16.1 Å². The van der Waals surface area contributed by atoms with Crippen LogP contribution in [0.2, 0.25) is 5.15 Å². The molecule has 0 amide bonds. The van der Waals surface area contributed by atoms with Crippen molar-refractivity contribution in [2.24, 2.45) is 11.3 Å². The predicted molar refractivity (Wildman–Crippen MR) is 77.4 cm³/mol. The summed E-state index contributed by atoms with van der Waals surface area (Å²) in [6, 6.07) is 0. The van der Waals surface area contributed by atoms with Gasteiger partial charge < -0.3 is 10.0 Å². The Balaban J connectivity index is 2.12. The Morgan fingerprint density at radius 2 is 1.95 bits per heavy atom. The van der Waals surface area contributed by atoms with E-state index in [9.17, 15) is 5.11 Å². The average molecular weight is 284 g/mol. The second-order valence-electron chi connectivity index (χ2n) is 6.25. The van der Waals surface area contributed by atoms with Crippen molar-refractivity contribution in [2.45, 2.75) is 40.2 Å². The zero-order valence-electron chi connectivity index (χ0n) is 11.9. The lowest BCUT2D eigenvalue weighted by Crippen LogP contribution is -2.39. The van der Waals surface area contributed by atoms with Crippen LogP contribution in [0.15, 0.2) is 6.33 Å². The highest BCUT2D eigenvalue weighted by Gasteiger charge is 2.30. The molecule has 0 atom stereocenters. The number of halogens is 1. The van der Waals surface area contributed by atoms with Crippen LogP contribution < -0.4 is 4.90 Å². The molecule has 1 saturated heterocycles. The van der Waals surface area contributed by atoms with Gasteiger partial charge in [-0.2, -0.15) is 0 Å². The van der Waals surface area contributed by atoms with Crippen molar-refractivity contribution in [1.29, 1.82) is 0 Å². The first-order valence-electron chi connectivity index (χ1n) is 6.78. The standard InChI is InChI=1S/C14H22ClN3O/c1-14(2,3)10-4-6-18(7-5-10)13-11(8-19)12(15)16-9-17-13/h9-10,19H,4-8H2,1-3H3. The third-order valence-electron chi connectivity index (χ3n) is 4.05. The summed E-state index contributed by atoms with van der Waals surface area (Å²) in [5.41, 5.74) is 0.994. The molecule has 1 aliphatic rings. The molecule has 2 rings (SSSR count). The molecule has 2 heterocycles. The van der Waals surface area contributed by atoms with Crippen molar-refractivity contribution >= 4 is 17.4 Å². The first-order valence-corrected chi connectivity index (χ1v) is 7.16. The fourth-order valence-electron chi connectivity index (χ4n) is 2.75. The number of anilines is 1. The molecule has 4 nitrogen and oxygen atoms in total.